The average Bonchev–Trinajstić information content (AvgIpc) is 3.25. The number of nitrogens with zero attached hydrogens (tertiary/aromatic N) is 4. The van der Waals surface area contributed by atoms with Gasteiger partial charge in [-0.15, -0.1) is 34.2 Å². The molecule has 0 radical (unpaired) electrons. The number of nitrogens with one attached hydrogen (secondary N) is 2. The molecule has 2 N–H and O–H groups in total. The minimum absolute atomic E-state index is 0. The number of hydrogen-bond acceptors (Lipinski definition) is 4. The Kier molecular flexibility index (Phi) is 10.8. The van der Waals surface area contributed by atoms with Crippen molar-refractivity contribution in [1.29, 1.82) is 0 Å². The van der Waals surface area contributed by atoms with E-state index in [4.69, 9.17) is 4.74 Å². The first-order valence-electron chi connectivity index (χ1n) is 10.4. The lowest BCUT2D eigenvalue weighted by atomic mass is 10.2. The monoisotopic (exact) mass is 534 g/mol. The van der Waals surface area contributed by atoms with Crippen molar-refractivity contribution in [3.05, 3.63) is 77.9 Å². The summed E-state index contributed by atoms with van der Waals surface area (Å²) in [4.78, 5) is 4.68. The Hall–Kier alpha value is -2.62. The van der Waals surface area contributed by atoms with Crippen LogP contribution in [-0.4, -0.2) is 33.8 Å². The van der Waals surface area contributed by atoms with E-state index in [2.05, 4.69) is 68.5 Å². The van der Waals surface area contributed by atoms with E-state index in [0.717, 1.165) is 54.7 Å². The highest BCUT2D eigenvalue weighted by atomic mass is 127. The predicted octanol–water partition coefficient (Wildman–Crippen LogP) is 3.79. The number of benzene rings is 2. The van der Waals surface area contributed by atoms with Gasteiger partial charge in [-0.1, -0.05) is 49.4 Å². The molecule has 0 unspecified atom stereocenters. The summed E-state index contributed by atoms with van der Waals surface area (Å²) in [7, 11) is 0. The van der Waals surface area contributed by atoms with Crippen LogP contribution in [0.1, 0.15) is 30.8 Å². The van der Waals surface area contributed by atoms with Crippen LogP contribution in [-0.2, 0) is 26.1 Å². The first-order chi connectivity index (χ1) is 14.8. The van der Waals surface area contributed by atoms with Crippen molar-refractivity contribution in [1.82, 2.24) is 25.4 Å². The summed E-state index contributed by atoms with van der Waals surface area (Å²) < 4.78 is 7.91. The quantitative estimate of drug-likeness (QED) is 0.235. The van der Waals surface area contributed by atoms with Crippen LogP contribution in [0.25, 0.3) is 0 Å². The molecule has 0 aliphatic rings. The lowest BCUT2D eigenvalue weighted by molar-refractivity contribution is 0.306. The molecule has 0 aliphatic heterocycles. The molecule has 0 amide bonds. The summed E-state index contributed by atoms with van der Waals surface area (Å²) in [6.45, 7) is 7.67. The zero-order chi connectivity index (χ0) is 21.0. The van der Waals surface area contributed by atoms with Gasteiger partial charge >= 0.3 is 0 Å². The molecule has 1 heterocycles. The maximum absolute atomic E-state index is 5.85. The second-order valence-corrected chi connectivity index (χ2v) is 6.83. The molecule has 0 fully saturated rings. The second-order valence-electron chi connectivity index (χ2n) is 6.83. The third-order valence-corrected chi connectivity index (χ3v) is 4.59. The molecule has 0 aliphatic carbocycles. The fraction of sp³-hybridized carbons (Fsp3) is 0.348. The number of rotatable bonds is 10. The molecule has 7 nitrogen and oxygen atoms in total. The van der Waals surface area contributed by atoms with E-state index in [0.29, 0.717) is 13.2 Å². The summed E-state index contributed by atoms with van der Waals surface area (Å²) in [5.41, 5.74) is 2.29. The molecule has 166 valence electrons. The Morgan fingerprint density at radius 3 is 2.48 bits per heavy atom. The minimum atomic E-state index is 0. The van der Waals surface area contributed by atoms with Gasteiger partial charge in [0, 0.05) is 26.1 Å². The Bertz CT molecular complexity index is 911. The van der Waals surface area contributed by atoms with E-state index >= 15 is 0 Å². The van der Waals surface area contributed by atoms with E-state index in [1.807, 2.05) is 30.3 Å². The molecule has 31 heavy (non-hydrogen) atoms. The van der Waals surface area contributed by atoms with Gasteiger partial charge in [-0.25, -0.2) is 4.99 Å². The lowest BCUT2D eigenvalue weighted by Gasteiger charge is -2.12. The summed E-state index contributed by atoms with van der Waals surface area (Å²) in [5.74, 6) is 2.65. The molecule has 0 bridgehead atoms. The highest BCUT2D eigenvalue weighted by Gasteiger charge is 2.03. The Labute approximate surface area is 201 Å². The van der Waals surface area contributed by atoms with Gasteiger partial charge in [0.05, 0.1) is 6.54 Å². The maximum Gasteiger partial charge on any atom is 0.191 e. The molecule has 0 saturated heterocycles. The largest absolute Gasteiger partial charge is 0.489 e. The molecule has 8 heteroatoms. The third kappa shape index (κ3) is 8.20. The first kappa shape index (κ1) is 24.6. The average molecular weight is 534 g/mol. The van der Waals surface area contributed by atoms with E-state index in [9.17, 15) is 0 Å². The number of ether oxygens (including phenoxy) is 1. The number of aromatic nitrogens is 3. The number of halogens is 1. The van der Waals surface area contributed by atoms with Gasteiger partial charge < -0.3 is 19.9 Å². The third-order valence-electron chi connectivity index (χ3n) is 4.59. The van der Waals surface area contributed by atoms with Crippen molar-refractivity contribution < 1.29 is 4.74 Å². The van der Waals surface area contributed by atoms with Crippen molar-refractivity contribution in [3.8, 4) is 5.75 Å². The van der Waals surface area contributed by atoms with Gasteiger partial charge in [0.25, 0.3) is 0 Å². The molecular formula is C23H31IN6O. The standard InChI is InChI=1S/C23H30N6O.HI/c1-3-22-28-27-18-29(22)15-14-25-23(24-4-2)26-16-19-10-12-21(13-11-19)30-17-20-8-6-5-7-9-20;/h5-13,18H,3-4,14-17H2,1-2H3,(H2,24,25,26);1H. The van der Waals surface area contributed by atoms with Crippen LogP contribution >= 0.6 is 24.0 Å². The van der Waals surface area contributed by atoms with Crippen molar-refractivity contribution in [2.75, 3.05) is 13.1 Å². The molecule has 3 rings (SSSR count). The van der Waals surface area contributed by atoms with E-state index in [1.54, 1.807) is 6.33 Å². The molecule has 0 saturated carbocycles. The zero-order valence-electron chi connectivity index (χ0n) is 18.1. The second kappa shape index (κ2) is 13.6. The molecule has 3 aromatic rings. The van der Waals surface area contributed by atoms with Crippen LogP contribution in [0, 0.1) is 0 Å². The molecule has 0 atom stereocenters. The summed E-state index contributed by atoms with van der Waals surface area (Å²) >= 11 is 0. The van der Waals surface area contributed by atoms with Crippen LogP contribution in [0.5, 0.6) is 5.75 Å². The topological polar surface area (TPSA) is 76.4 Å². The summed E-state index contributed by atoms with van der Waals surface area (Å²) in [6, 6.07) is 18.3. The van der Waals surface area contributed by atoms with Gasteiger partial charge in [-0.2, -0.15) is 0 Å². The van der Waals surface area contributed by atoms with Gasteiger partial charge in [-0.3, -0.25) is 0 Å². The Morgan fingerprint density at radius 2 is 1.77 bits per heavy atom. The van der Waals surface area contributed by atoms with Crippen LogP contribution < -0.4 is 15.4 Å². The van der Waals surface area contributed by atoms with Gasteiger partial charge in [0.15, 0.2) is 5.96 Å². The number of hydrogen-bond donors (Lipinski definition) is 2. The highest BCUT2D eigenvalue weighted by Crippen LogP contribution is 2.14. The van der Waals surface area contributed by atoms with Gasteiger partial charge in [0.1, 0.15) is 24.5 Å². The van der Waals surface area contributed by atoms with E-state index < -0.39 is 0 Å². The highest BCUT2D eigenvalue weighted by molar-refractivity contribution is 14.0. The van der Waals surface area contributed by atoms with Crippen LogP contribution in [0.4, 0.5) is 0 Å². The number of aliphatic imine (C=N–C) groups is 1. The molecule has 1 aromatic heterocycles. The zero-order valence-corrected chi connectivity index (χ0v) is 20.5. The fourth-order valence-corrected chi connectivity index (χ4v) is 2.98. The predicted molar refractivity (Wildman–Crippen MR) is 135 cm³/mol. The Morgan fingerprint density at radius 1 is 1.00 bits per heavy atom. The Balaban J connectivity index is 0.00000341. The smallest absolute Gasteiger partial charge is 0.191 e. The SMILES string of the molecule is CCNC(=NCc1ccc(OCc2ccccc2)cc1)NCCn1cnnc1CC.I. The van der Waals surface area contributed by atoms with Crippen LogP contribution in [0.3, 0.4) is 0 Å². The fourth-order valence-electron chi connectivity index (χ4n) is 2.98. The van der Waals surface area contributed by atoms with Gasteiger partial charge in [-0.05, 0) is 30.2 Å². The maximum atomic E-state index is 5.85. The van der Waals surface area contributed by atoms with E-state index in [1.165, 1.54) is 0 Å². The molecule has 2 aromatic carbocycles. The summed E-state index contributed by atoms with van der Waals surface area (Å²) in [5, 5.41) is 14.7. The van der Waals surface area contributed by atoms with Crippen LogP contribution in [0.15, 0.2) is 65.9 Å². The van der Waals surface area contributed by atoms with Crippen molar-refractivity contribution in [3.63, 3.8) is 0 Å². The summed E-state index contributed by atoms with van der Waals surface area (Å²) in [6.07, 6.45) is 2.64. The normalized spacial score (nSPS) is 11.0. The first-order valence-corrected chi connectivity index (χ1v) is 10.4. The van der Waals surface area contributed by atoms with Crippen molar-refractivity contribution >= 4 is 29.9 Å². The van der Waals surface area contributed by atoms with E-state index in [-0.39, 0.29) is 24.0 Å². The van der Waals surface area contributed by atoms with Gasteiger partial charge in [0.2, 0.25) is 0 Å². The number of guanidine groups is 1. The minimum Gasteiger partial charge on any atom is -0.489 e. The molecule has 0 spiro atoms. The van der Waals surface area contributed by atoms with Crippen LogP contribution in [0.2, 0.25) is 0 Å². The van der Waals surface area contributed by atoms with Crippen molar-refractivity contribution in [2.45, 2.75) is 40.0 Å². The lowest BCUT2D eigenvalue weighted by Crippen LogP contribution is -2.38. The van der Waals surface area contributed by atoms with Crippen molar-refractivity contribution in [2.24, 2.45) is 4.99 Å². The molecular weight excluding hydrogens is 503 g/mol. The number of aryl methyl sites for hydroxylation is 1.